The van der Waals surface area contributed by atoms with Gasteiger partial charge in [-0.15, -0.1) is 5.10 Å². The van der Waals surface area contributed by atoms with Crippen LogP contribution in [0.15, 0.2) is 57.8 Å². The molecule has 0 aliphatic carbocycles. The number of nitrogens with zero attached hydrogens (tertiary/aromatic N) is 2. The van der Waals surface area contributed by atoms with Crippen LogP contribution in [0.4, 0.5) is 10.4 Å². The van der Waals surface area contributed by atoms with Gasteiger partial charge < -0.3 is 4.42 Å². The molecule has 1 heterocycles. The van der Waals surface area contributed by atoms with Crippen molar-refractivity contribution in [2.45, 2.75) is 11.8 Å². The molecule has 2 aromatic carbocycles. The average molecular weight is 375 g/mol. The van der Waals surface area contributed by atoms with Gasteiger partial charge in [-0.2, -0.15) is 0 Å². The lowest BCUT2D eigenvalue weighted by Gasteiger charge is -2.02. The van der Waals surface area contributed by atoms with Gasteiger partial charge in [0.15, 0.2) is 9.84 Å². The Morgan fingerprint density at radius 1 is 1.08 bits per heavy atom. The number of benzene rings is 2. The first kappa shape index (κ1) is 17.7. The molecule has 1 aromatic heterocycles. The molecule has 134 valence electrons. The number of nitrogens with one attached hydrogen (secondary N) is 1. The summed E-state index contributed by atoms with van der Waals surface area (Å²) in [6.07, 6.45) is 0. The minimum atomic E-state index is -3.29. The summed E-state index contributed by atoms with van der Waals surface area (Å²) in [5.41, 5.74) is 0.745. The van der Waals surface area contributed by atoms with E-state index in [1.807, 2.05) is 0 Å². The van der Waals surface area contributed by atoms with Crippen LogP contribution in [0.1, 0.15) is 17.3 Å². The molecule has 1 N–H and O–H groups in total. The van der Waals surface area contributed by atoms with E-state index in [1.165, 1.54) is 36.4 Å². The van der Waals surface area contributed by atoms with Crippen molar-refractivity contribution in [1.82, 2.24) is 10.2 Å². The topological polar surface area (TPSA) is 102 Å². The Labute approximate surface area is 148 Å². The minimum absolute atomic E-state index is 0.00642. The minimum Gasteiger partial charge on any atom is -0.403 e. The highest BCUT2D eigenvalue weighted by Crippen LogP contribution is 2.22. The zero-order chi connectivity index (χ0) is 18.7. The quantitative estimate of drug-likeness (QED) is 0.736. The Bertz CT molecular complexity index is 1030. The van der Waals surface area contributed by atoms with Gasteiger partial charge in [0.1, 0.15) is 5.82 Å². The normalized spacial score (nSPS) is 11.3. The maximum atomic E-state index is 12.9. The zero-order valence-electron chi connectivity index (χ0n) is 13.6. The number of rotatable bonds is 5. The second kappa shape index (κ2) is 7.04. The van der Waals surface area contributed by atoms with Crippen molar-refractivity contribution in [3.63, 3.8) is 0 Å². The number of hydrogen-bond acceptors (Lipinski definition) is 6. The SMILES string of the molecule is CCS(=O)(=O)c1ccc(-c2nnc(NC(=O)c3ccc(F)cc3)o2)cc1. The molecule has 0 bridgehead atoms. The number of sulfone groups is 1. The van der Waals surface area contributed by atoms with E-state index in [0.717, 1.165) is 0 Å². The monoisotopic (exact) mass is 375 g/mol. The van der Waals surface area contributed by atoms with Crippen LogP contribution < -0.4 is 5.32 Å². The highest BCUT2D eigenvalue weighted by atomic mass is 32.2. The second-order valence-electron chi connectivity index (χ2n) is 5.30. The average Bonchev–Trinajstić information content (AvgIpc) is 3.11. The first-order valence-corrected chi connectivity index (χ1v) is 9.28. The fourth-order valence-electron chi connectivity index (χ4n) is 2.13. The van der Waals surface area contributed by atoms with Crippen molar-refractivity contribution in [1.29, 1.82) is 0 Å². The third kappa shape index (κ3) is 3.77. The van der Waals surface area contributed by atoms with Gasteiger partial charge in [0.05, 0.1) is 10.6 Å². The van der Waals surface area contributed by atoms with Gasteiger partial charge in [-0.3, -0.25) is 10.1 Å². The molecule has 1 amide bonds. The molecule has 0 fully saturated rings. The Morgan fingerprint density at radius 3 is 2.35 bits per heavy atom. The Balaban J connectivity index is 1.75. The molecule has 0 spiro atoms. The molecule has 0 saturated heterocycles. The molecular weight excluding hydrogens is 361 g/mol. The highest BCUT2D eigenvalue weighted by molar-refractivity contribution is 7.91. The second-order valence-corrected chi connectivity index (χ2v) is 7.58. The molecule has 0 aliphatic heterocycles. The van der Waals surface area contributed by atoms with Gasteiger partial charge in [-0.05, 0) is 48.5 Å². The number of aromatic nitrogens is 2. The summed E-state index contributed by atoms with van der Waals surface area (Å²) in [6.45, 7) is 1.57. The smallest absolute Gasteiger partial charge is 0.322 e. The summed E-state index contributed by atoms with van der Waals surface area (Å²) in [5.74, 6) is -0.841. The molecular formula is C17H14FN3O4S. The molecule has 7 nitrogen and oxygen atoms in total. The van der Waals surface area contributed by atoms with Crippen LogP contribution in [0, 0.1) is 5.82 Å². The molecule has 0 aliphatic rings. The third-order valence-corrected chi connectivity index (χ3v) is 5.34. The largest absolute Gasteiger partial charge is 0.403 e. The Hall–Kier alpha value is -3.07. The first-order valence-electron chi connectivity index (χ1n) is 7.62. The highest BCUT2D eigenvalue weighted by Gasteiger charge is 2.15. The Kier molecular flexibility index (Phi) is 4.81. The molecule has 0 saturated carbocycles. The molecule has 0 radical (unpaired) electrons. The van der Waals surface area contributed by atoms with E-state index < -0.39 is 21.6 Å². The first-order chi connectivity index (χ1) is 12.4. The van der Waals surface area contributed by atoms with E-state index in [2.05, 4.69) is 15.5 Å². The van der Waals surface area contributed by atoms with Gasteiger partial charge in [0.2, 0.25) is 5.89 Å². The van der Waals surface area contributed by atoms with Gasteiger partial charge in [-0.1, -0.05) is 12.0 Å². The number of anilines is 1. The summed E-state index contributed by atoms with van der Waals surface area (Å²) < 4.78 is 41.9. The van der Waals surface area contributed by atoms with Crippen LogP contribution in [0.5, 0.6) is 0 Å². The van der Waals surface area contributed by atoms with Gasteiger partial charge >= 0.3 is 6.01 Å². The molecule has 3 aromatic rings. The van der Waals surface area contributed by atoms with Gasteiger partial charge in [-0.25, -0.2) is 12.8 Å². The van der Waals surface area contributed by atoms with Crippen molar-refractivity contribution in [3.8, 4) is 11.5 Å². The van der Waals surface area contributed by atoms with Crippen molar-refractivity contribution in [2.75, 3.05) is 11.1 Å². The summed E-state index contributed by atoms with van der Waals surface area (Å²) in [4.78, 5) is 12.2. The third-order valence-electron chi connectivity index (χ3n) is 3.59. The van der Waals surface area contributed by atoms with Crippen LogP contribution in [0.2, 0.25) is 0 Å². The van der Waals surface area contributed by atoms with E-state index in [9.17, 15) is 17.6 Å². The Morgan fingerprint density at radius 2 is 1.73 bits per heavy atom. The molecule has 3 rings (SSSR count). The fraction of sp³-hybridized carbons (Fsp3) is 0.118. The lowest BCUT2D eigenvalue weighted by Crippen LogP contribution is -2.12. The lowest BCUT2D eigenvalue weighted by atomic mass is 10.2. The number of carbonyl (C=O) groups excluding carboxylic acids is 1. The van der Waals surface area contributed by atoms with Crippen molar-refractivity contribution >= 4 is 21.8 Å². The number of carbonyl (C=O) groups is 1. The molecule has 26 heavy (non-hydrogen) atoms. The summed E-state index contributed by atoms with van der Waals surface area (Å²) in [7, 11) is -3.29. The van der Waals surface area contributed by atoms with Crippen LogP contribution in [0.3, 0.4) is 0 Å². The van der Waals surface area contributed by atoms with Gasteiger partial charge in [0.25, 0.3) is 5.91 Å². The lowest BCUT2D eigenvalue weighted by molar-refractivity contribution is 0.102. The maximum Gasteiger partial charge on any atom is 0.322 e. The number of halogens is 1. The number of hydrogen-bond donors (Lipinski definition) is 1. The van der Waals surface area contributed by atoms with E-state index in [-0.39, 0.29) is 28.1 Å². The van der Waals surface area contributed by atoms with E-state index in [1.54, 1.807) is 19.1 Å². The van der Waals surface area contributed by atoms with E-state index >= 15 is 0 Å². The summed E-state index contributed by atoms with van der Waals surface area (Å²) in [6, 6.07) is 10.9. The van der Waals surface area contributed by atoms with E-state index in [0.29, 0.717) is 5.56 Å². The van der Waals surface area contributed by atoms with Crippen molar-refractivity contribution in [2.24, 2.45) is 0 Å². The standard InChI is InChI=1S/C17H14FN3O4S/c1-2-26(23,24)14-9-5-12(6-10-14)16-20-21-17(25-16)19-15(22)11-3-7-13(18)8-4-11/h3-10H,2H2,1H3,(H,19,21,22). The molecule has 0 atom stereocenters. The number of amides is 1. The predicted molar refractivity (Wildman–Crippen MR) is 91.8 cm³/mol. The van der Waals surface area contributed by atoms with Crippen LogP contribution >= 0.6 is 0 Å². The predicted octanol–water partition coefficient (Wildman–Crippen LogP) is 2.92. The van der Waals surface area contributed by atoms with Crippen LogP contribution in [-0.4, -0.2) is 30.3 Å². The summed E-state index contributed by atoms with van der Waals surface area (Å²) in [5, 5.41) is 9.96. The van der Waals surface area contributed by atoms with Crippen molar-refractivity contribution in [3.05, 3.63) is 59.9 Å². The fourth-order valence-corrected chi connectivity index (χ4v) is 3.02. The zero-order valence-corrected chi connectivity index (χ0v) is 14.5. The molecule has 9 heteroatoms. The van der Waals surface area contributed by atoms with Crippen LogP contribution in [0.25, 0.3) is 11.5 Å². The summed E-state index contributed by atoms with van der Waals surface area (Å²) >= 11 is 0. The molecule has 0 unspecified atom stereocenters. The maximum absolute atomic E-state index is 12.9. The van der Waals surface area contributed by atoms with Crippen molar-refractivity contribution < 1.29 is 22.0 Å². The van der Waals surface area contributed by atoms with E-state index in [4.69, 9.17) is 4.42 Å². The van der Waals surface area contributed by atoms with Crippen LogP contribution in [-0.2, 0) is 9.84 Å². The van der Waals surface area contributed by atoms with Gasteiger partial charge in [0, 0.05) is 11.1 Å².